The average molecular weight is 321 g/mol. The Morgan fingerprint density at radius 2 is 1.91 bits per heavy atom. The third kappa shape index (κ3) is 3.57. The molecule has 0 radical (unpaired) electrons. The van der Waals surface area contributed by atoms with Crippen molar-refractivity contribution >= 4 is 11.9 Å². The first kappa shape index (κ1) is 17.5. The van der Waals surface area contributed by atoms with Crippen LogP contribution in [0.4, 0.5) is 0 Å². The second-order valence-electron chi connectivity index (χ2n) is 6.82. The second-order valence-corrected chi connectivity index (χ2v) is 6.82. The number of carbonyl (C=O) groups excluding carboxylic acids is 1. The number of carboxylic acid groups (broad SMARTS) is 1. The Morgan fingerprint density at radius 1 is 1.30 bits per heavy atom. The average Bonchev–Trinajstić information content (AvgIpc) is 2.74. The number of nitrogens with zero attached hydrogens (tertiary/aromatic N) is 2. The van der Waals surface area contributed by atoms with Gasteiger partial charge >= 0.3 is 5.97 Å². The molecule has 0 bridgehead atoms. The molecule has 6 nitrogen and oxygen atoms in total. The van der Waals surface area contributed by atoms with Crippen molar-refractivity contribution in [1.29, 1.82) is 0 Å². The van der Waals surface area contributed by atoms with E-state index in [-0.39, 0.29) is 11.8 Å². The van der Waals surface area contributed by atoms with Crippen molar-refractivity contribution in [2.24, 2.45) is 13.0 Å². The lowest BCUT2D eigenvalue weighted by molar-refractivity contribution is -0.149. The summed E-state index contributed by atoms with van der Waals surface area (Å²) in [5.74, 6) is -1.38. The lowest BCUT2D eigenvalue weighted by atomic mass is 9.81. The summed E-state index contributed by atoms with van der Waals surface area (Å²) < 4.78 is 1.81. The van der Waals surface area contributed by atoms with E-state index in [4.69, 9.17) is 0 Å². The number of aliphatic carboxylic acids is 1. The van der Waals surface area contributed by atoms with Crippen molar-refractivity contribution in [3.63, 3.8) is 0 Å². The summed E-state index contributed by atoms with van der Waals surface area (Å²) in [6.45, 7) is 5.77. The van der Waals surface area contributed by atoms with Gasteiger partial charge in [-0.2, -0.15) is 5.10 Å². The van der Waals surface area contributed by atoms with Crippen LogP contribution in [0.2, 0.25) is 0 Å². The molecule has 2 N–H and O–H groups in total. The number of rotatable bonds is 5. The van der Waals surface area contributed by atoms with Gasteiger partial charge in [0.1, 0.15) is 5.54 Å². The summed E-state index contributed by atoms with van der Waals surface area (Å²) in [5.41, 5.74) is 1.97. The van der Waals surface area contributed by atoms with Crippen LogP contribution in [0.25, 0.3) is 0 Å². The van der Waals surface area contributed by atoms with Crippen LogP contribution < -0.4 is 5.32 Å². The predicted octanol–water partition coefficient (Wildman–Crippen LogP) is 2.12. The molecule has 1 atom stereocenters. The lowest BCUT2D eigenvalue weighted by Crippen LogP contribution is -2.56. The van der Waals surface area contributed by atoms with E-state index in [0.717, 1.165) is 36.2 Å². The van der Waals surface area contributed by atoms with Gasteiger partial charge in [-0.3, -0.25) is 9.48 Å². The van der Waals surface area contributed by atoms with E-state index < -0.39 is 11.5 Å². The summed E-state index contributed by atoms with van der Waals surface area (Å²) in [4.78, 5) is 24.2. The van der Waals surface area contributed by atoms with Crippen LogP contribution in [-0.4, -0.2) is 32.3 Å². The first-order valence-corrected chi connectivity index (χ1v) is 8.31. The van der Waals surface area contributed by atoms with Gasteiger partial charge in [0.25, 0.3) is 0 Å². The molecule has 0 aliphatic heterocycles. The highest BCUT2D eigenvalue weighted by Gasteiger charge is 2.41. The minimum atomic E-state index is -1.08. The Morgan fingerprint density at radius 3 is 2.39 bits per heavy atom. The molecule has 1 amide bonds. The van der Waals surface area contributed by atoms with E-state index in [1.807, 2.05) is 32.5 Å². The molecule has 2 rings (SSSR count). The Kier molecular flexibility index (Phi) is 5.12. The first-order valence-electron chi connectivity index (χ1n) is 8.31. The second kappa shape index (κ2) is 6.72. The zero-order valence-electron chi connectivity index (χ0n) is 14.5. The van der Waals surface area contributed by atoms with Crippen molar-refractivity contribution in [2.45, 2.75) is 64.8 Å². The normalized spacial score (nSPS) is 18.4. The molecular weight excluding hydrogens is 294 g/mol. The Hall–Kier alpha value is -1.85. The van der Waals surface area contributed by atoms with Crippen LogP contribution >= 0.6 is 0 Å². The van der Waals surface area contributed by atoms with E-state index in [1.165, 1.54) is 0 Å². The maximum absolute atomic E-state index is 12.6. The van der Waals surface area contributed by atoms with Crippen LogP contribution in [0.15, 0.2) is 0 Å². The maximum Gasteiger partial charge on any atom is 0.329 e. The van der Waals surface area contributed by atoms with E-state index in [0.29, 0.717) is 19.3 Å². The van der Waals surface area contributed by atoms with Crippen molar-refractivity contribution in [3.8, 4) is 0 Å². The fraction of sp³-hybridized carbons (Fsp3) is 0.706. The van der Waals surface area contributed by atoms with Gasteiger partial charge in [0.05, 0.1) is 5.69 Å². The quantitative estimate of drug-likeness (QED) is 0.870. The van der Waals surface area contributed by atoms with Gasteiger partial charge in [0.15, 0.2) is 0 Å². The standard InChI is InChI=1S/C17H27N3O3/c1-11(10-14-12(2)19-20(4)13(14)3)15(21)18-17(16(22)23)8-6-5-7-9-17/h11H,5-10H2,1-4H3,(H,18,21)(H,22,23). The van der Waals surface area contributed by atoms with Gasteiger partial charge < -0.3 is 10.4 Å². The molecule has 1 aromatic heterocycles. The number of aryl methyl sites for hydroxylation is 2. The molecule has 1 aliphatic carbocycles. The minimum absolute atomic E-state index is 0.183. The van der Waals surface area contributed by atoms with Gasteiger partial charge in [-0.15, -0.1) is 0 Å². The third-order valence-corrected chi connectivity index (χ3v) is 5.10. The summed E-state index contributed by atoms with van der Waals surface area (Å²) >= 11 is 0. The van der Waals surface area contributed by atoms with Gasteiger partial charge in [-0.1, -0.05) is 26.2 Å². The molecule has 1 aromatic rings. The molecule has 23 heavy (non-hydrogen) atoms. The molecule has 6 heteroatoms. The number of aromatic nitrogens is 2. The van der Waals surface area contributed by atoms with Crippen molar-refractivity contribution in [3.05, 3.63) is 17.0 Å². The largest absolute Gasteiger partial charge is 0.480 e. The molecule has 0 aromatic carbocycles. The Labute approximate surface area is 137 Å². The van der Waals surface area contributed by atoms with Gasteiger partial charge in [-0.05, 0) is 38.7 Å². The lowest BCUT2D eigenvalue weighted by Gasteiger charge is -2.34. The smallest absolute Gasteiger partial charge is 0.329 e. The molecule has 1 saturated carbocycles. The van der Waals surface area contributed by atoms with Crippen LogP contribution in [-0.2, 0) is 23.1 Å². The zero-order valence-corrected chi connectivity index (χ0v) is 14.5. The minimum Gasteiger partial charge on any atom is -0.480 e. The molecule has 1 fully saturated rings. The maximum atomic E-state index is 12.6. The number of hydrogen-bond donors (Lipinski definition) is 2. The highest BCUT2D eigenvalue weighted by atomic mass is 16.4. The van der Waals surface area contributed by atoms with Crippen LogP contribution in [0.3, 0.4) is 0 Å². The Bertz CT molecular complexity index is 600. The molecule has 1 heterocycles. The van der Waals surface area contributed by atoms with E-state index in [1.54, 1.807) is 0 Å². The summed E-state index contributed by atoms with van der Waals surface area (Å²) in [6, 6.07) is 0. The topological polar surface area (TPSA) is 84.2 Å². The number of hydrogen-bond acceptors (Lipinski definition) is 3. The van der Waals surface area contributed by atoms with Crippen LogP contribution in [0, 0.1) is 19.8 Å². The Balaban J connectivity index is 2.08. The van der Waals surface area contributed by atoms with Crippen molar-refractivity contribution in [1.82, 2.24) is 15.1 Å². The molecule has 0 saturated heterocycles. The van der Waals surface area contributed by atoms with Crippen LogP contribution in [0.5, 0.6) is 0 Å². The van der Waals surface area contributed by atoms with E-state index in [2.05, 4.69) is 10.4 Å². The monoisotopic (exact) mass is 321 g/mol. The molecule has 128 valence electrons. The van der Waals surface area contributed by atoms with Gasteiger partial charge in [-0.25, -0.2) is 4.79 Å². The number of nitrogens with one attached hydrogen (secondary N) is 1. The number of amides is 1. The fourth-order valence-electron chi connectivity index (χ4n) is 3.42. The summed E-state index contributed by atoms with van der Waals surface area (Å²) in [6.07, 6.45) is 4.35. The van der Waals surface area contributed by atoms with Crippen LogP contribution in [0.1, 0.15) is 56.0 Å². The van der Waals surface area contributed by atoms with Crippen molar-refractivity contribution < 1.29 is 14.7 Å². The zero-order chi connectivity index (χ0) is 17.2. The molecular formula is C17H27N3O3. The molecule has 0 spiro atoms. The summed E-state index contributed by atoms with van der Waals surface area (Å²) in [7, 11) is 1.89. The van der Waals surface area contributed by atoms with Gasteiger partial charge in [0, 0.05) is 18.7 Å². The van der Waals surface area contributed by atoms with Gasteiger partial charge in [0.2, 0.25) is 5.91 Å². The SMILES string of the molecule is Cc1nn(C)c(C)c1CC(C)C(=O)NC1(C(=O)O)CCCCC1. The highest BCUT2D eigenvalue weighted by Crippen LogP contribution is 2.29. The highest BCUT2D eigenvalue weighted by molar-refractivity contribution is 5.88. The van der Waals surface area contributed by atoms with Crippen molar-refractivity contribution in [2.75, 3.05) is 0 Å². The first-order chi connectivity index (χ1) is 10.8. The molecule has 1 unspecified atom stereocenters. The summed E-state index contributed by atoms with van der Waals surface area (Å²) in [5, 5.41) is 16.8. The fourth-order valence-corrected chi connectivity index (χ4v) is 3.42. The number of carbonyl (C=O) groups is 2. The van der Waals surface area contributed by atoms with E-state index >= 15 is 0 Å². The predicted molar refractivity (Wildman–Crippen MR) is 87.1 cm³/mol. The third-order valence-electron chi connectivity index (χ3n) is 5.10. The number of carboxylic acids is 1. The molecule has 1 aliphatic rings. The van der Waals surface area contributed by atoms with E-state index in [9.17, 15) is 14.7 Å².